The molecule has 2 fully saturated rings. The lowest BCUT2D eigenvalue weighted by Gasteiger charge is -2.24. The SMILES string of the molecule is CN(C(=O)c1ccc(N2CCCC2)c(F)c1)[C@H]1CCNC1. The van der Waals surface area contributed by atoms with Crippen LogP contribution in [-0.2, 0) is 0 Å². The number of hydrogen-bond donors (Lipinski definition) is 1. The first-order valence-electron chi connectivity index (χ1n) is 7.69. The van der Waals surface area contributed by atoms with E-state index in [-0.39, 0.29) is 17.8 Å². The third-order valence-electron chi connectivity index (χ3n) is 4.54. The lowest BCUT2D eigenvalue weighted by Crippen LogP contribution is -2.38. The molecular formula is C16H22FN3O. The molecular weight excluding hydrogens is 269 g/mol. The Balaban J connectivity index is 1.76. The Morgan fingerprint density at radius 1 is 1.38 bits per heavy atom. The molecule has 1 N–H and O–H groups in total. The number of amides is 1. The fourth-order valence-electron chi connectivity index (χ4n) is 3.19. The van der Waals surface area contributed by atoms with Crippen LogP contribution in [0.15, 0.2) is 18.2 Å². The number of benzene rings is 1. The summed E-state index contributed by atoms with van der Waals surface area (Å²) in [4.78, 5) is 16.2. The molecule has 1 amide bonds. The van der Waals surface area contributed by atoms with Crippen LogP contribution in [0.1, 0.15) is 29.6 Å². The predicted molar refractivity (Wildman–Crippen MR) is 81.2 cm³/mol. The zero-order valence-electron chi connectivity index (χ0n) is 12.4. The number of carbonyl (C=O) groups is 1. The average Bonchev–Trinajstić information content (AvgIpc) is 3.18. The normalized spacial score (nSPS) is 21.8. The fraction of sp³-hybridized carbons (Fsp3) is 0.562. The molecule has 0 spiro atoms. The maximum Gasteiger partial charge on any atom is 0.253 e. The zero-order valence-corrected chi connectivity index (χ0v) is 12.4. The van der Waals surface area contributed by atoms with Crippen LogP contribution in [0.3, 0.4) is 0 Å². The molecule has 0 aromatic heterocycles. The minimum atomic E-state index is -0.291. The number of hydrogen-bond acceptors (Lipinski definition) is 3. The molecule has 0 saturated carbocycles. The van der Waals surface area contributed by atoms with Crippen LogP contribution in [0.2, 0.25) is 0 Å². The third kappa shape index (κ3) is 2.88. The Kier molecular flexibility index (Phi) is 4.10. The van der Waals surface area contributed by atoms with Gasteiger partial charge in [-0.2, -0.15) is 0 Å². The molecule has 2 saturated heterocycles. The van der Waals surface area contributed by atoms with Crippen molar-refractivity contribution in [2.75, 3.05) is 38.1 Å². The van der Waals surface area contributed by atoms with Crippen molar-refractivity contribution >= 4 is 11.6 Å². The van der Waals surface area contributed by atoms with Gasteiger partial charge in [-0.15, -0.1) is 0 Å². The molecule has 1 atom stereocenters. The van der Waals surface area contributed by atoms with Gasteiger partial charge in [-0.3, -0.25) is 4.79 Å². The average molecular weight is 291 g/mol. The number of likely N-dealkylation sites (N-methyl/N-ethyl adjacent to an activating group) is 1. The highest BCUT2D eigenvalue weighted by molar-refractivity contribution is 5.94. The van der Waals surface area contributed by atoms with E-state index in [0.717, 1.165) is 45.4 Å². The minimum absolute atomic E-state index is 0.101. The topological polar surface area (TPSA) is 35.6 Å². The summed E-state index contributed by atoms with van der Waals surface area (Å²) in [7, 11) is 1.80. The lowest BCUT2D eigenvalue weighted by atomic mass is 10.1. The second kappa shape index (κ2) is 6.02. The van der Waals surface area contributed by atoms with Crippen LogP contribution in [0.25, 0.3) is 0 Å². The summed E-state index contributed by atoms with van der Waals surface area (Å²) in [6.45, 7) is 3.55. The van der Waals surface area contributed by atoms with Crippen molar-refractivity contribution in [3.63, 3.8) is 0 Å². The van der Waals surface area contributed by atoms with Gasteiger partial charge in [0.1, 0.15) is 5.82 Å². The number of halogens is 1. The van der Waals surface area contributed by atoms with Crippen LogP contribution in [0.5, 0.6) is 0 Å². The summed E-state index contributed by atoms with van der Waals surface area (Å²) in [5.74, 6) is -0.392. The Bertz CT molecular complexity index is 522. The van der Waals surface area contributed by atoms with E-state index in [1.54, 1.807) is 24.1 Å². The quantitative estimate of drug-likeness (QED) is 0.923. The van der Waals surface area contributed by atoms with E-state index >= 15 is 0 Å². The molecule has 2 heterocycles. The lowest BCUT2D eigenvalue weighted by molar-refractivity contribution is 0.0743. The summed E-state index contributed by atoms with van der Waals surface area (Å²) < 4.78 is 14.3. The van der Waals surface area contributed by atoms with Gasteiger partial charge >= 0.3 is 0 Å². The van der Waals surface area contributed by atoms with Gasteiger partial charge in [-0.05, 0) is 44.0 Å². The zero-order chi connectivity index (χ0) is 14.8. The van der Waals surface area contributed by atoms with Crippen molar-refractivity contribution < 1.29 is 9.18 Å². The standard InChI is InChI=1S/C16H22FN3O/c1-19(13-6-7-18-11-13)16(21)12-4-5-15(14(17)10-12)20-8-2-3-9-20/h4-5,10,13,18H,2-3,6-9,11H2,1H3/t13-/m0/s1. The molecule has 0 aliphatic carbocycles. The predicted octanol–water partition coefficient (Wildman–Crippen LogP) is 1.86. The molecule has 21 heavy (non-hydrogen) atoms. The van der Waals surface area contributed by atoms with Gasteiger partial charge in [0.05, 0.1) is 5.69 Å². The molecule has 1 aromatic rings. The monoisotopic (exact) mass is 291 g/mol. The molecule has 0 unspecified atom stereocenters. The van der Waals surface area contributed by atoms with E-state index in [0.29, 0.717) is 11.3 Å². The van der Waals surface area contributed by atoms with Crippen molar-refractivity contribution in [2.24, 2.45) is 0 Å². The van der Waals surface area contributed by atoms with E-state index in [2.05, 4.69) is 5.32 Å². The Morgan fingerprint density at radius 2 is 2.14 bits per heavy atom. The van der Waals surface area contributed by atoms with Crippen LogP contribution < -0.4 is 10.2 Å². The highest BCUT2D eigenvalue weighted by atomic mass is 19.1. The summed E-state index contributed by atoms with van der Waals surface area (Å²) in [6, 6.07) is 5.08. The van der Waals surface area contributed by atoms with E-state index in [9.17, 15) is 9.18 Å². The van der Waals surface area contributed by atoms with Gasteiger partial charge in [0.15, 0.2) is 0 Å². The molecule has 5 heteroatoms. The second-order valence-corrected chi connectivity index (χ2v) is 5.92. The molecule has 2 aliphatic rings. The molecule has 0 bridgehead atoms. The van der Waals surface area contributed by atoms with E-state index in [1.165, 1.54) is 6.07 Å². The van der Waals surface area contributed by atoms with Gasteiger partial charge in [0, 0.05) is 38.3 Å². The van der Waals surface area contributed by atoms with E-state index < -0.39 is 0 Å². The molecule has 3 rings (SSSR count). The summed E-state index contributed by atoms with van der Waals surface area (Å²) in [6.07, 6.45) is 3.17. The van der Waals surface area contributed by atoms with Crippen molar-refractivity contribution in [1.29, 1.82) is 0 Å². The maximum atomic E-state index is 14.3. The summed E-state index contributed by atoms with van der Waals surface area (Å²) >= 11 is 0. The molecule has 2 aliphatic heterocycles. The highest BCUT2D eigenvalue weighted by Crippen LogP contribution is 2.25. The van der Waals surface area contributed by atoms with E-state index in [1.807, 2.05) is 4.90 Å². The number of anilines is 1. The van der Waals surface area contributed by atoms with Crippen molar-refractivity contribution in [1.82, 2.24) is 10.2 Å². The second-order valence-electron chi connectivity index (χ2n) is 5.92. The van der Waals surface area contributed by atoms with Crippen LogP contribution in [0, 0.1) is 5.82 Å². The smallest absolute Gasteiger partial charge is 0.253 e. The molecule has 1 aromatic carbocycles. The first-order chi connectivity index (χ1) is 10.2. The van der Waals surface area contributed by atoms with Gasteiger partial charge in [-0.25, -0.2) is 4.39 Å². The third-order valence-corrected chi connectivity index (χ3v) is 4.54. The molecule has 0 radical (unpaired) electrons. The van der Waals surface area contributed by atoms with Gasteiger partial charge < -0.3 is 15.1 Å². The Morgan fingerprint density at radius 3 is 2.76 bits per heavy atom. The Hall–Kier alpha value is -1.62. The minimum Gasteiger partial charge on any atom is -0.369 e. The van der Waals surface area contributed by atoms with Crippen LogP contribution in [-0.4, -0.2) is 50.1 Å². The van der Waals surface area contributed by atoms with Crippen molar-refractivity contribution in [3.8, 4) is 0 Å². The number of nitrogens with one attached hydrogen (secondary N) is 1. The summed E-state index contributed by atoms with van der Waals surface area (Å²) in [5.41, 5.74) is 1.05. The number of carbonyl (C=O) groups excluding carboxylic acids is 1. The largest absolute Gasteiger partial charge is 0.369 e. The number of rotatable bonds is 3. The highest BCUT2D eigenvalue weighted by Gasteiger charge is 2.25. The first kappa shape index (κ1) is 14.3. The first-order valence-corrected chi connectivity index (χ1v) is 7.69. The van der Waals surface area contributed by atoms with Gasteiger partial charge in [0.2, 0.25) is 0 Å². The van der Waals surface area contributed by atoms with Crippen molar-refractivity contribution in [3.05, 3.63) is 29.6 Å². The van der Waals surface area contributed by atoms with Crippen LogP contribution >= 0.6 is 0 Å². The van der Waals surface area contributed by atoms with Crippen LogP contribution in [0.4, 0.5) is 10.1 Å². The molecule has 4 nitrogen and oxygen atoms in total. The van der Waals surface area contributed by atoms with Crippen molar-refractivity contribution in [2.45, 2.75) is 25.3 Å². The van der Waals surface area contributed by atoms with Gasteiger partial charge in [0.25, 0.3) is 5.91 Å². The fourth-order valence-corrected chi connectivity index (χ4v) is 3.19. The summed E-state index contributed by atoms with van der Waals surface area (Å²) in [5, 5.41) is 3.24. The molecule has 114 valence electrons. The maximum absolute atomic E-state index is 14.3. The number of nitrogens with zero attached hydrogens (tertiary/aromatic N) is 2. The van der Waals surface area contributed by atoms with Gasteiger partial charge in [-0.1, -0.05) is 0 Å². The Labute approximate surface area is 124 Å². The van der Waals surface area contributed by atoms with E-state index in [4.69, 9.17) is 0 Å².